The number of amides is 7. The minimum absolute atomic E-state index is 0.00598. The lowest BCUT2D eigenvalue weighted by Crippen LogP contribution is -2.63. The van der Waals surface area contributed by atoms with Crippen molar-refractivity contribution in [2.24, 2.45) is 0 Å². The highest BCUT2D eigenvalue weighted by molar-refractivity contribution is 5.83. The topological polar surface area (TPSA) is 544 Å². The highest BCUT2D eigenvalue weighted by Gasteiger charge is 2.45. The van der Waals surface area contributed by atoms with E-state index < -0.39 is 90.0 Å². The zero-order valence-electron chi connectivity index (χ0n) is 74.1. The van der Waals surface area contributed by atoms with Crippen LogP contribution in [0.3, 0.4) is 0 Å². The molecule has 43 nitrogen and oxygen atoms in total. The molecule has 724 valence electrons. The van der Waals surface area contributed by atoms with Crippen LogP contribution in [0.15, 0.2) is 54.7 Å². The van der Waals surface area contributed by atoms with Crippen LogP contribution in [0.1, 0.15) is 73.6 Å². The van der Waals surface area contributed by atoms with Crippen molar-refractivity contribution in [2.45, 2.75) is 152 Å². The molecule has 0 aliphatic carbocycles. The Morgan fingerprint density at radius 3 is 1.38 bits per heavy atom. The molecule has 13 N–H and O–H groups in total. The summed E-state index contributed by atoms with van der Waals surface area (Å²) in [7, 11) is 0. The molecule has 0 saturated carbocycles. The monoisotopic (exact) mass is 1830 g/mol. The van der Waals surface area contributed by atoms with E-state index >= 15 is 0 Å². The Morgan fingerprint density at radius 1 is 0.492 bits per heavy atom. The van der Waals surface area contributed by atoms with E-state index in [1.54, 1.807) is 51.2 Å². The van der Waals surface area contributed by atoms with Crippen molar-refractivity contribution in [1.29, 1.82) is 0 Å². The van der Waals surface area contributed by atoms with Crippen molar-refractivity contribution in [3.8, 4) is 28.6 Å². The Kier molecular flexibility index (Phi) is 54.2. The van der Waals surface area contributed by atoms with Crippen molar-refractivity contribution in [1.82, 2.24) is 57.2 Å². The quantitative estimate of drug-likeness (QED) is 0.0213. The van der Waals surface area contributed by atoms with Gasteiger partial charge in [-0.05, 0) is 63.6 Å². The summed E-state index contributed by atoms with van der Waals surface area (Å²) in [6.45, 7) is 14.1. The first-order valence-corrected chi connectivity index (χ1v) is 43.1. The predicted octanol–water partition coefficient (Wildman–Crippen LogP) is -1.96. The molecule has 0 radical (unpaired) electrons. The lowest BCUT2D eigenvalue weighted by molar-refractivity contribution is -0.196. The van der Waals surface area contributed by atoms with Gasteiger partial charge in [0.25, 0.3) is 0 Å². The average molecular weight is 1830 g/mol. The number of hydrogen-bond donors (Lipinski definition) is 13. The van der Waals surface area contributed by atoms with E-state index in [0.29, 0.717) is 54.7 Å². The summed E-state index contributed by atoms with van der Waals surface area (Å²) in [6.07, 6.45) is -7.02. The number of phenols is 1. The first kappa shape index (κ1) is 109. The number of fused-ring (bicyclic) bond motifs is 1. The lowest BCUT2D eigenvalue weighted by atomic mass is 9.93. The molecular formula is C84H134FN11O32. The van der Waals surface area contributed by atoms with Crippen LogP contribution >= 0.6 is 0 Å². The molecule has 4 aromatic rings. The van der Waals surface area contributed by atoms with Crippen LogP contribution in [0.2, 0.25) is 0 Å². The van der Waals surface area contributed by atoms with Crippen LogP contribution in [0.5, 0.6) is 11.5 Å². The van der Waals surface area contributed by atoms with Crippen LogP contribution in [0.25, 0.3) is 28.0 Å². The second-order valence-corrected chi connectivity index (χ2v) is 30.1. The maximum Gasteiger partial charge on any atom is 0.222 e. The Morgan fingerprint density at radius 2 is 0.938 bits per heavy atom. The second-order valence-electron chi connectivity index (χ2n) is 30.1. The minimum atomic E-state index is -1.45. The molecule has 4 heterocycles. The van der Waals surface area contributed by atoms with Gasteiger partial charge < -0.3 is 158 Å². The summed E-state index contributed by atoms with van der Waals surface area (Å²) >= 11 is 0. The molecule has 0 spiro atoms. The van der Waals surface area contributed by atoms with E-state index in [9.17, 15) is 68.6 Å². The van der Waals surface area contributed by atoms with E-state index in [1.807, 2.05) is 6.07 Å². The Labute approximate surface area is 744 Å². The molecule has 7 amide bonds. The minimum Gasteiger partial charge on any atom is -0.505 e. The Hall–Kier alpha value is -8.11. The molecular weight excluding hydrogens is 1690 g/mol. The molecule has 44 heteroatoms. The van der Waals surface area contributed by atoms with E-state index in [-0.39, 0.29) is 285 Å². The fourth-order valence-electron chi connectivity index (χ4n) is 12.7. The predicted molar refractivity (Wildman–Crippen MR) is 452 cm³/mol. The number of aromatic nitrogens is 4. The summed E-state index contributed by atoms with van der Waals surface area (Å²) in [6, 6.07) is 11.2. The highest BCUT2D eigenvalue weighted by Crippen LogP contribution is 2.27. The highest BCUT2D eigenvalue weighted by atomic mass is 19.1. The molecule has 2 aliphatic heterocycles. The van der Waals surface area contributed by atoms with Gasteiger partial charge in [0.1, 0.15) is 59.7 Å². The number of carbonyl (C=O) groups is 7. The van der Waals surface area contributed by atoms with Crippen LogP contribution in [0.4, 0.5) is 4.39 Å². The molecule has 2 saturated heterocycles. The van der Waals surface area contributed by atoms with Gasteiger partial charge in [-0.2, -0.15) is 0 Å². The third-order valence-electron chi connectivity index (χ3n) is 19.3. The second kappa shape index (κ2) is 63.8. The number of rotatable bonds is 72. The third kappa shape index (κ3) is 44.7. The van der Waals surface area contributed by atoms with Gasteiger partial charge in [0, 0.05) is 84.1 Å². The number of phenolic OH excluding ortho intramolecular Hbond substituents is 1. The van der Waals surface area contributed by atoms with Gasteiger partial charge in [0.05, 0.1) is 265 Å². The zero-order valence-corrected chi connectivity index (χ0v) is 74.1. The molecule has 0 unspecified atom stereocenters. The zero-order chi connectivity index (χ0) is 92.5. The first-order valence-electron chi connectivity index (χ1n) is 43.1. The standard InChI is InChI=1S/C84H134FN11O32/c1-57(48-89-60(4)98)126-66(50-97)51-119-43-40-116-37-34-113-31-28-110-25-18-86-74(102)15-22-122-54-84(55-123-23-16-75(103)87-19-26-111-29-32-114-35-38-117-41-44-120-52-72-80(106)82(108)78(58(2)127-72)90-61(5)99,56-124-24-17-76(104)88-20-27-112-30-33-115-36-39-118-42-45-121-53-73-81(107)83(109)79(59(3)128-73)91-62(6)100)93-77(105)8-7-21-125-65-11-13-68-63(46-65)9-12-69(92-68)70-49-96(95-94-70)64-10-14-71(101)67(85)47-64/h9-14,46-47,49,57-59,66,72-73,78-83,97,101,106-109H,7-8,15-45,48,50-56H2,1-6H3,(H,86,102)(H,87,103)(H,88,104)(H,89,98)(H,90,99)(H,91,100)(H,93,105)/t57-,58-,59-,66-,72+,73+,78-,79-,80-,81-,82+,83+/m0/s1. The molecule has 12 atom stereocenters. The van der Waals surface area contributed by atoms with E-state index in [1.165, 1.54) is 37.6 Å². The number of halogens is 1. The van der Waals surface area contributed by atoms with E-state index in [4.69, 9.17) is 95.0 Å². The van der Waals surface area contributed by atoms with Crippen molar-refractivity contribution >= 4 is 52.3 Å². The van der Waals surface area contributed by atoms with Gasteiger partial charge in [0.15, 0.2) is 11.6 Å². The number of nitrogens with zero attached hydrogens (tertiary/aromatic N) is 4. The van der Waals surface area contributed by atoms with Crippen molar-refractivity contribution in [3.63, 3.8) is 0 Å². The molecule has 6 rings (SSSR count). The largest absolute Gasteiger partial charge is 0.505 e. The maximum absolute atomic E-state index is 14.2. The number of aliphatic hydroxyl groups is 5. The fourth-order valence-corrected chi connectivity index (χ4v) is 12.7. The van der Waals surface area contributed by atoms with Gasteiger partial charge in [-0.1, -0.05) is 11.3 Å². The Bertz CT molecular complexity index is 3700. The number of ether oxygens (including phenoxy) is 19. The number of benzene rings is 2. The maximum atomic E-state index is 14.2. The van der Waals surface area contributed by atoms with Crippen LogP contribution in [0, 0.1) is 5.82 Å². The third-order valence-corrected chi connectivity index (χ3v) is 19.3. The number of aromatic hydroxyl groups is 1. The van der Waals surface area contributed by atoms with Gasteiger partial charge in [0.2, 0.25) is 41.4 Å². The van der Waals surface area contributed by atoms with Crippen LogP contribution < -0.4 is 42.0 Å². The first-order chi connectivity index (χ1) is 61.8. The normalized spacial score (nSPS) is 19.3. The fraction of sp³-hybridized carbons (Fsp3) is 0.714. The van der Waals surface area contributed by atoms with Gasteiger partial charge in [-0.3, -0.25) is 33.6 Å². The molecule has 128 heavy (non-hydrogen) atoms. The van der Waals surface area contributed by atoms with Gasteiger partial charge >= 0.3 is 0 Å². The van der Waals surface area contributed by atoms with E-state index in [0.717, 1.165) is 11.5 Å². The Balaban J connectivity index is 0.950. The summed E-state index contributed by atoms with van der Waals surface area (Å²) in [5, 5.41) is 89.5. The SMILES string of the molecule is CC(=O)NC[C@H](C)O[C@@H](CO)COCCOCCOCCOCCNC(=O)CCOCC(COCCC(=O)NCCOCCOCCOCCOC[C@H]1O[C@@H](C)[C@H](NC(C)=O)[C@@H](O)[C@H]1O)(COCCC(=O)NCCOCCOCCOCCOC[C@H]1O[C@@H](C)[C@H](NC(C)=O)[C@@H](O)[C@H]1O)NC(=O)CCCOc1ccc2nc(-c3cn(-c4ccc(O)c(F)c4)nn3)ccc2c1. The molecule has 0 bridgehead atoms. The number of carbonyl (C=O) groups excluding carboxylic acids is 7. The van der Waals surface area contributed by atoms with Crippen molar-refractivity contribution in [2.75, 3.05) is 238 Å². The summed E-state index contributed by atoms with van der Waals surface area (Å²) in [4.78, 5) is 92.4. The summed E-state index contributed by atoms with van der Waals surface area (Å²) in [5.74, 6) is -3.20. The van der Waals surface area contributed by atoms with E-state index in [2.05, 4.69) is 47.5 Å². The average Bonchev–Trinajstić information content (AvgIpc) is 1.78. The number of aliphatic hydroxyl groups excluding tert-OH is 5. The molecule has 2 aromatic heterocycles. The van der Waals surface area contributed by atoms with Gasteiger partial charge in [-0.25, -0.2) is 14.1 Å². The van der Waals surface area contributed by atoms with Crippen molar-refractivity contribution in [3.05, 3.63) is 60.5 Å². The van der Waals surface area contributed by atoms with Crippen LogP contribution in [-0.2, 0) is 119 Å². The molecule has 2 aromatic carbocycles. The summed E-state index contributed by atoms with van der Waals surface area (Å²) < 4.78 is 124. The van der Waals surface area contributed by atoms with Gasteiger partial charge in [-0.15, -0.1) is 5.10 Å². The number of nitrogens with one attached hydrogen (secondary N) is 7. The number of pyridine rings is 1. The summed E-state index contributed by atoms with van der Waals surface area (Å²) in [5.41, 5.74) is 0.435. The molecule has 2 fully saturated rings. The van der Waals surface area contributed by atoms with Crippen LogP contribution in [-0.4, -0.2) is 408 Å². The smallest absolute Gasteiger partial charge is 0.222 e. The lowest BCUT2D eigenvalue weighted by Gasteiger charge is -2.41. The number of hydrogen-bond acceptors (Lipinski definition) is 35. The molecule has 2 aliphatic rings. The van der Waals surface area contributed by atoms with Crippen molar-refractivity contribution < 1.29 is 159 Å².